The van der Waals surface area contributed by atoms with Crippen molar-refractivity contribution in [3.05, 3.63) is 29.8 Å². The van der Waals surface area contributed by atoms with E-state index in [1.54, 1.807) is 6.92 Å². The third-order valence-electron chi connectivity index (χ3n) is 2.56. The molecule has 0 saturated heterocycles. The van der Waals surface area contributed by atoms with E-state index in [-0.39, 0.29) is 12.0 Å². The lowest BCUT2D eigenvalue weighted by atomic mass is 10.1. The summed E-state index contributed by atoms with van der Waals surface area (Å²) < 4.78 is 91.3. The maximum atomic E-state index is 13.1. The Morgan fingerprint density at radius 2 is 1.57 bits per heavy atom. The molecule has 0 amide bonds. The van der Waals surface area contributed by atoms with Crippen LogP contribution in [0, 0.1) is 0 Å². The zero-order valence-corrected chi connectivity index (χ0v) is 10.5. The number of hydrogen-bond acceptors (Lipinski definition) is 2. The number of carbonyl (C=O) groups excluding carboxylic acids is 1. The summed E-state index contributed by atoms with van der Waals surface area (Å²) in [6.45, 7) is 1.55. The second-order valence-corrected chi connectivity index (χ2v) is 4.00. The Morgan fingerprint density at radius 3 is 2.05 bits per heavy atom. The number of aryl methyl sites for hydroxylation is 1. The van der Waals surface area contributed by atoms with Crippen LogP contribution in [-0.4, -0.2) is 24.0 Å². The summed E-state index contributed by atoms with van der Waals surface area (Å²) in [5, 5.41) is 0. The van der Waals surface area contributed by atoms with E-state index in [1.165, 1.54) is 18.2 Å². The van der Waals surface area contributed by atoms with Crippen LogP contribution in [0.2, 0.25) is 0 Å². The highest BCUT2D eigenvalue weighted by Crippen LogP contribution is 2.47. The van der Waals surface area contributed by atoms with E-state index in [0.717, 1.165) is 6.07 Å². The molecule has 0 aliphatic carbocycles. The zero-order valence-electron chi connectivity index (χ0n) is 10.5. The Balaban J connectivity index is 3.08. The van der Waals surface area contributed by atoms with Gasteiger partial charge in [-0.2, -0.15) is 30.7 Å². The van der Waals surface area contributed by atoms with Gasteiger partial charge in [-0.15, -0.1) is 0 Å². The Kier molecular flexibility index (Phi) is 4.54. The number of hydrogen-bond donors (Lipinski definition) is 0. The van der Waals surface area contributed by atoms with E-state index in [0.29, 0.717) is 0 Å². The molecule has 0 N–H and O–H groups in total. The summed E-state index contributed by atoms with van der Waals surface area (Å²) in [5.41, 5.74) is 0.206. The standard InChI is InChI=1S/C12H9F7O2/c1-2-7-5-3-4-6-8(7)21-9(20)10(13,14)11(15,16)12(17,18)19/h3-6H,2H2,1H3. The van der Waals surface area contributed by atoms with Crippen molar-refractivity contribution in [2.45, 2.75) is 31.4 Å². The summed E-state index contributed by atoms with van der Waals surface area (Å²) in [4.78, 5) is 11.0. The fourth-order valence-corrected chi connectivity index (χ4v) is 1.37. The molecule has 0 fully saturated rings. The van der Waals surface area contributed by atoms with Gasteiger partial charge < -0.3 is 4.74 Å². The number of benzene rings is 1. The minimum atomic E-state index is -6.58. The molecule has 2 nitrogen and oxygen atoms in total. The van der Waals surface area contributed by atoms with Gasteiger partial charge in [-0.1, -0.05) is 25.1 Å². The Bertz CT molecular complexity index is 523. The molecule has 1 aromatic carbocycles. The largest absolute Gasteiger partial charge is 0.460 e. The first-order valence-corrected chi connectivity index (χ1v) is 5.57. The van der Waals surface area contributed by atoms with Gasteiger partial charge >= 0.3 is 24.0 Å². The fourth-order valence-electron chi connectivity index (χ4n) is 1.37. The highest BCUT2D eigenvalue weighted by molar-refractivity contribution is 5.81. The summed E-state index contributed by atoms with van der Waals surface area (Å²) >= 11 is 0. The van der Waals surface area contributed by atoms with Gasteiger partial charge in [-0.05, 0) is 18.1 Å². The van der Waals surface area contributed by atoms with Crippen molar-refractivity contribution in [3.8, 4) is 5.75 Å². The van der Waals surface area contributed by atoms with Gasteiger partial charge in [0.25, 0.3) is 0 Å². The lowest BCUT2D eigenvalue weighted by molar-refractivity contribution is -0.346. The van der Waals surface area contributed by atoms with E-state index in [4.69, 9.17) is 0 Å². The second kappa shape index (κ2) is 5.53. The number of halogens is 7. The number of carbonyl (C=O) groups is 1. The van der Waals surface area contributed by atoms with Gasteiger partial charge in [-0.3, -0.25) is 0 Å². The van der Waals surface area contributed by atoms with Crippen LogP contribution in [0.5, 0.6) is 5.75 Å². The third kappa shape index (κ3) is 3.11. The van der Waals surface area contributed by atoms with Crippen LogP contribution < -0.4 is 4.74 Å². The zero-order chi connectivity index (χ0) is 16.5. The molecule has 9 heteroatoms. The Labute approximate surface area is 114 Å². The number of rotatable bonds is 4. The third-order valence-corrected chi connectivity index (χ3v) is 2.56. The van der Waals surface area contributed by atoms with E-state index < -0.39 is 29.7 Å². The van der Waals surface area contributed by atoms with Crippen LogP contribution in [0.4, 0.5) is 30.7 Å². The van der Waals surface area contributed by atoms with Crippen molar-refractivity contribution >= 4 is 5.97 Å². The first-order chi connectivity index (χ1) is 9.45. The molecule has 0 radical (unpaired) electrons. The van der Waals surface area contributed by atoms with Crippen LogP contribution in [0.1, 0.15) is 12.5 Å². The number of para-hydroxylation sites is 1. The maximum absolute atomic E-state index is 13.1. The van der Waals surface area contributed by atoms with Crippen molar-refractivity contribution in [1.29, 1.82) is 0 Å². The van der Waals surface area contributed by atoms with Gasteiger partial charge in [0.2, 0.25) is 0 Å². The molecular formula is C12H9F7O2. The van der Waals surface area contributed by atoms with Crippen LogP contribution in [0.15, 0.2) is 24.3 Å². The molecule has 1 aromatic rings. The maximum Gasteiger partial charge on any atom is 0.460 e. The normalized spacial score (nSPS) is 13.1. The number of esters is 1. The number of alkyl halides is 7. The molecule has 0 heterocycles. The van der Waals surface area contributed by atoms with Gasteiger partial charge in [0.1, 0.15) is 5.75 Å². The van der Waals surface area contributed by atoms with E-state index >= 15 is 0 Å². The highest BCUT2D eigenvalue weighted by Gasteiger charge is 2.77. The van der Waals surface area contributed by atoms with Crippen molar-refractivity contribution in [3.63, 3.8) is 0 Å². The average Bonchev–Trinajstić information content (AvgIpc) is 2.37. The lowest BCUT2D eigenvalue weighted by Gasteiger charge is -2.26. The fraction of sp³-hybridized carbons (Fsp3) is 0.417. The van der Waals surface area contributed by atoms with Crippen LogP contribution in [-0.2, 0) is 11.2 Å². The summed E-state index contributed by atoms with van der Waals surface area (Å²) in [7, 11) is 0. The molecule has 0 aliphatic rings. The van der Waals surface area contributed by atoms with Gasteiger partial charge in [0.05, 0.1) is 0 Å². The minimum absolute atomic E-state index is 0.199. The molecular weight excluding hydrogens is 309 g/mol. The summed E-state index contributed by atoms with van der Waals surface area (Å²) in [6.07, 6.45) is -6.38. The second-order valence-electron chi connectivity index (χ2n) is 4.00. The summed E-state index contributed by atoms with van der Waals surface area (Å²) in [6, 6.07) is 5.07. The van der Waals surface area contributed by atoms with Crippen LogP contribution >= 0.6 is 0 Å². The van der Waals surface area contributed by atoms with Gasteiger partial charge in [0.15, 0.2) is 0 Å². The smallest absolute Gasteiger partial charge is 0.422 e. The highest BCUT2D eigenvalue weighted by atomic mass is 19.4. The van der Waals surface area contributed by atoms with Gasteiger partial charge in [-0.25, -0.2) is 4.79 Å². The molecule has 21 heavy (non-hydrogen) atoms. The monoisotopic (exact) mass is 318 g/mol. The summed E-state index contributed by atoms with van der Waals surface area (Å²) in [5.74, 6) is -16.0. The molecule has 1 rings (SSSR count). The lowest BCUT2D eigenvalue weighted by Crippen LogP contribution is -2.57. The Morgan fingerprint density at radius 1 is 1.05 bits per heavy atom. The van der Waals surface area contributed by atoms with Crippen molar-refractivity contribution in [1.82, 2.24) is 0 Å². The van der Waals surface area contributed by atoms with E-state index in [9.17, 15) is 35.5 Å². The quantitative estimate of drug-likeness (QED) is 0.477. The molecule has 0 unspecified atom stereocenters. The molecule has 0 saturated carbocycles. The van der Waals surface area contributed by atoms with Gasteiger partial charge in [0, 0.05) is 0 Å². The Hall–Kier alpha value is -1.80. The molecule has 0 spiro atoms. The molecule has 0 bridgehead atoms. The molecule has 0 atom stereocenters. The molecule has 0 aliphatic heterocycles. The van der Waals surface area contributed by atoms with Crippen LogP contribution in [0.25, 0.3) is 0 Å². The average molecular weight is 318 g/mol. The van der Waals surface area contributed by atoms with Crippen molar-refractivity contribution < 1.29 is 40.3 Å². The number of ether oxygens (including phenoxy) is 1. The first-order valence-electron chi connectivity index (χ1n) is 5.57. The first kappa shape index (κ1) is 17.3. The predicted octanol–water partition coefficient (Wildman–Crippen LogP) is 3.99. The van der Waals surface area contributed by atoms with E-state index in [1.807, 2.05) is 0 Å². The van der Waals surface area contributed by atoms with E-state index in [2.05, 4.69) is 4.74 Å². The topological polar surface area (TPSA) is 26.3 Å². The van der Waals surface area contributed by atoms with Crippen LogP contribution in [0.3, 0.4) is 0 Å². The molecule has 0 aromatic heterocycles. The minimum Gasteiger partial charge on any atom is -0.422 e. The van der Waals surface area contributed by atoms with Crippen molar-refractivity contribution in [2.24, 2.45) is 0 Å². The SMILES string of the molecule is CCc1ccccc1OC(=O)C(F)(F)C(F)(F)C(F)(F)F. The van der Waals surface area contributed by atoms with Crippen molar-refractivity contribution in [2.75, 3.05) is 0 Å². The predicted molar refractivity (Wildman–Crippen MR) is 57.4 cm³/mol. The molecule has 118 valence electrons.